The van der Waals surface area contributed by atoms with Gasteiger partial charge in [-0.25, -0.2) is 0 Å². The molecule has 0 radical (unpaired) electrons. The first kappa shape index (κ1) is 10.2. The predicted molar refractivity (Wildman–Crippen MR) is 57.3 cm³/mol. The van der Waals surface area contributed by atoms with Crippen molar-refractivity contribution in [2.75, 3.05) is 27.2 Å². The van der Waals surface area contributed by atoms with Gasteiger partial charge in [-0.15, -0.1) is 0 Å². The van der Waals surface area contributed by atoms with E-state index in [4.69, 9.17) is 9.47 Å². The summed E-state index contributed by atoms with van der Waals surface area (Å²) in [5, 5.41) is 0. The fourth-order valence-electron chi connectivity index (χ4n) is 1.74. The third kappa shape index (κ3) is 2.59. The van der Waals surface area contributed by atoms with Gasteiger partial charge in [-0.2, -0.15) is 4.98 Å². The van der Waals surface area contributed by atoms with Gasteiger partial charge < -0.3 is 14.4 Å². The average Bonchev–Trinajstić information content (AvgIpc) is 2.64. The molecule has 1 unspecified atom stereocenters. The lowest BCUT2D eigenvalue weighted by atomic mass is 10.3. The fourth-order valence-corrected chi connectivity index (χ4v) is 1.74. The highest BCUT2D eigenvalue weighted by molar-refractivity contribution is 5.19. The summed E-state index contributed by atoms with van der Waals surface area (Å²) >= 11 is 0. The number of nitrogens with zero attached hydrogens (tertiary/aromatic N) is 2. The van der Waals surface area contributed by atoms with Crippen molar-refractivity contribution in [2.24, 2.45) is 0 Å². The van der Waals surface area contributed by atoms with E-state index < -0.39 is 0 Å². The number of aromatic nitrogens is 1. The first-order valence-corrected chi connectivity index (χ1v) is 5.14. The second-order valence-electron chi connectivity index (χ2n) is 3.81. The Bertz CT molecular complexity index is 330. The van der Waals surface area contributed by atoms with Gasteiger partial charge in [0.15, 0.2) is 0 Å². The summed E-state index contributed by atoms with van der Waals surface area (Å²) in [7, 11) is 3.71. The van der Waals surface area contributed by atoms with Crippen LogP contribution >= 0.6 is 0 Å². The molecule has 1 aromatic heterocycles. The van der Waals surface area contributed by atoms with Crippen LogP contribution in [0.25, 0.3) is 0 Å². The maximum atomic E-state index is 5.76. The molecule has 1 atom stereocenters. The van der Waals surface area contributed by atoms with Crippen molar-refractivity contribution in [1.82, 2.24) is 9.88 Å². The number of hydrogen-bond donors (Lipinski definition) is 0. The first-order valence-electron chi connectivity index (χ1n) is 5.14. The Morgan fingerprint density at radius 3 is 2.87 bits per heavy atom. The number of methoxy groups -OCH3 is 1. The second-order valence-corrected chi connectivity index (χ2v) is 3.81. The molecule has 1 aromatic rings. The summed E-state index contributed by atoms with van der Waals surface area (Å²) in [6, 6.07) is 5.56. The van der Waals surface area contributed by atoms with Crippen molar-refractivity contribution in [3.63, 3.8) is 0 Å². The summed E-state index contributed by atoms with van der Waals surface area (Å²) in [6.45, 7) is 2.06. The zero-order valence-electron chi connectivity index (χ0n) is 9.14. The Kier molecular flexibility index (Phi) is 3.06. The Morgan fingerprint density at radius 1 is 1.40 bits per heavy atom. The maximum Gasteiger partial charge on any atom is 0.216 e. The van der Waals surface area contributed by atoms with Crippen LogP contribution in [-0.2, 0) is 0 Å². The number of likely N-dealkylation sites (N-methyl/N-ethyl adjacent to an activating group) is 1. The minimum atomic E-state index is 0.259. The summed E-state index contributed by atoms with van der Waals surface area (Å²) in [5.41, 5.74) is 0. The van der Waals surface area contributed by atoms with Crippen molar-refractivity contribution < 1.29 is 9.47 Å². The molecule has 0 saturated carbocycles. The number of hydrogen-bond acceptors (Lipinski definition) is 4. The minimum Gasteiger partial charge on any atom is -0.481 e. The topological polar surface area (TPSA) is 34.6 Å². The number of pyridine rings is 1. The van der Waals surface area contributed by atoms with Crippen LogP contribution in [0, 0.1) is 0 Å². The maximum absolute atomic E-state index is 5.76. The van der Waals surface area contributed by atoms with Gasteiger partial charge in [-0.05, 0) is 13.5 Å². The van der Waals surface area contributed by atoms with E-state index in [-0.39, 0.29) is 6.10 Å². The first-order chi connectivity index (χ1) is 7.28. The van der Waals surface area contributed by atoms with Crippen LogP contribution in [-0.4, -0.2) is 43.2 Å². The smallest absolute Gasteiger partial charge is 0.216 e. The van der Waals surface area contributed by atoms with Gasteiger partial charge in [0, 0.05) is 25.2 Å². The highest BCUT2D eigenvalue weighted by atomic mass is 16.5. The lowest BCUT2D eigenvalue weighted by molar-refractivity contribution is 0.198. The monoisotopic (exact) mass is 208 g/mol. The molecule has 82 valence electrons. The molecule has 2 heterocycles. The summed E-state index contributed by atoms with van der Waals surface area (Å²) in [6.07, 6.45) is 1.32. The van der Waals surface area contributed by atoms with Gasteiger partial charge in [0.2, 0.25) is 11.8 Å². The SMILES string of the molecule is COc1cccc(OC2CCN(C)C2)n1. The van der Waals surface area contributed by atoms with Crippen molar-refractivity contribution in [3.8, 4) is 11.8 Å². The van der Waals surface area contributed by atoms with Gasteiger partial charge in [-0.3, -0.25) is 0 Å². The van der Waals surface area contributed by atoms with E-state index in [0.29, 0.717) is 11.8 Å². The predicted octanol–water partition coefficient (Wildman–Crippen LogP) is 1.17. The van der Waals surface area contributed by atoms with Gasteiger partial charge in [0.1, 0.15) is 6.10 Å². The number of ether oxygens (including phenoxy) is 2. The molecule has 1 aliphatic rings. The molecule has 1 saturated heterocycles. The molecule has 0 amide bonds. The third-order valence-electron chi connectivity index (χ3n) is 2.54. The van der Waals surface area contributed by atoms with Gasteiger partial charge in [0.05, 0.1) is 7.11 Å². The van der Waals surface area contributed by atoms with Crippen LogP contribution in [0.2, 0.25) is 0 Å². The summed E-state index contributed by atoms with van der Waals surface area (Å²) < 4.78 is 10.8. The van der Waals surface area contributed by atoms with Crippen LogP contribution in [0.1, 0.15) is 6.42 Å². The van der Waals surface area contributed by atoms with Gasteiger partial charge in [0.25, 0.3) is 0 Å². The molecular formula is C11H16N2O2. The molecule has 1 fully saturated rings. The Balaban J connectivity index is 1.98. The minimum absolute atomic E-state index is 0.259. The zero-order valence-corrected chi connectivity index (χ0v) is 9.14. The summed E-state index contributed by atoms with van der Waals surface area (Å²) in [5.74, 6) is 1.24. The Hall–Kier alpha value is -1.29. The highest BCUT2D eigenvalue weighted by Gasteiger charge is 2.21. The van der Waals surface area contributed by atoms with Crippen LogP contribution in [0.3, 0.4) is 0 Å². The van der Waals surface area contributed by atoms with Crippen molar-refractivity contribution in [2.45, 2.75) is 12.5 Å². The highest BCUT2D eigenvalue weighted by Crippen LogP contribution is 2.17. The molecule has 4 nitrogen and oxygen atoms in total. The van der Waals surface area contributed by atoms with Crippen molar-refractivity contribution in [1.29, 1.82) is 0 Å². The normalized spacial score (nSPS) is 21.6. The fraction of sp³-hybridized carbons (Fsp3) is 0.545. The molecule has 0 spiro atoms. The zero-order chi connectivity index (χ0) is 10.7. The van der Waals surface area contributed by atoms with Crippen molar-refractivity contribution >= 4 is 0 Å². The van der Waals surface area contributed by atoms with Crippen LogP contribution in [0.15, 0.2) is 18.2 Å². The Labute approximate surface area is 89.8 Å². The molecular weight excluding hydrogens is 192 g/mol. The van der Waals surface area contributed by atoms with E-state index in [1.54, 1.807) is 7.11 Å². The standard InChI is InChI=1S/C11H16N2O2/c1-13-7-6-9(8-13)15-11-5-3-4-10(12-11)14-2/h3-5,9H,6-8H2,1-2H3. The lowest BCUT2D eigenvalue weighted by Gasteiger charge is -2.13. The second kappa shape index (κ2) is 4.49. The van der Waals surface area contributed by atoms with Gasteiger partial charge in [-0.1, -0.05) is 6.07 Å². The van der Waals surface area contributed by atoms with E-state index in [1.165, 1.54) is 0 Å². The van der Waals surface area contributed by atoms with Crippen LogP contribution in [0.5, 0.6) is 11.8 Å². The molecule has 1 aliphatic heterocycles. The molecule has 0 aromatic carbocycles. The van der Waals surface area contributed by atoms with E-state index in [2.05, 4.69) is 16.9 Å². The van der Waals surface area contributed by atoms with Crippen molar-refractivity contribution in [3.05, 3.63) is 18.2 Å². The molecule has 4 heteroatoms. The van der Waals surface area contributed by atoms with Crippen LogP contribution < -0.4 is 9.47 Å². The molecule has 0 N–H and O–H groups in total. The third-order valence-corrected chi connectivity index (χ3v) is 2.54. The largest absolute Gasteiger partial charge is 0.481 e. The quantitative estimate of drug-likeness (QED) is 0.747. The number of likely N-dealkylation sites (tertiary alicyclic amines) is 1. The van der Waals surface area contributed by atoms with E-state index in [9.17, 15) is 0 Å². The number of rotatable bonds is 3. The molecule has 0 bridgehead atoms. The van der Waals surface area contributed by atoms with Gasteiger partial charge >= 0.3 is 0 Å². The summed E-state index contributed by atoms with van der Waals surface area (Å²) in [4.78, 5) is 6.47. The molecule has 0 aliphatic carbocycles. The Morgan fingerprint density at radius 2 is 2.20 bits per heavy atom. The van der Waals surface area contributed by atoms with E-state index in [1.807, 2.05) is 18.2 Å². The van der Waals surface area contributed by atoms with E-state index >= 15 is 0 Å². The lowest BCUT2D eigenvalue weighted by Crippen LogP contribution is -2.21. The average molecular weight is 208 g/mol. The van der Waals surface area contributed by atoms with E-state index in [0.717, 1.165) is 19.5 Å². The molecule has 2 rings (SSSR count). The van der Waals surface area contributed by atoms with Crippen LogP contribution in [0.4, 0.5) is 0 Å². The molecule has 15 heavy (non-hydrogen) atoms.